The van der Waals surface area contributed by atoms with Gasteiger partial charge in [-0.15, -0.1) is 6.58 Å². The maximum atomic E-state index is 5.97. The molecule has 0 aromatic heterocycles. The molecule has 1 aliphatic rings. The molecule has 28 heavy (non-hydrogen) atoms. The Kier molecular flexibility index (Phi) is 11.3. The van der Waals surface area contributed by atoms with Crippen LogP contribution in [0.25, 0.3) is 0 Å². The summed E-state index contributed by atoms with van der Waals surface area (Å²) in [7, 11) is 0. The van der Waals surface area contributed by atoms with Crippen molar-refractivity contribution in [3.8, 4) is 5.75 Å². The zero-order chi connectivity index (χ0) is 20.0. The van der Waals surface area contributed by atoms with E-state index in [0.29, 0.717) is 19.1 Å². The number of hydrogen-bond acceptors (Lipinski definition) is 4. The van der Waals surface area contributed by atoms with E-state index in [2.05, 4.69) is 37.8 Å². The van der Waals surface area contributed by atoms with Crippen molar-refractivity contribution in [3.05, 3.63) is 42.5 Å². The molecule has 4 nitrogen and oxygen atoms in total. The highest BCUT2D eigenvalue weighted by Gasteiger charge is 2.28. The second-order valence-corrected chi connectivity index (χ2v) is 7.45. The minimum Gasteiger partial charge on any atom is -0.494 e. The van der Waals surface area contributed by atoms with Gasteiger partial charge < -0.3 is 18.9 Å². The van der Waals surface area contributed by atoms with Crippen LogP contribution in [0.1, 0.15) is 57.9 Å². The third-order valence-electron chi connectivity index (χ3n) is 5.16. The van der Waals surface area contributed by atoms with Crippen molar-refractivity contribution in [1.82, 2.24) is 0 Å². The van der Waals surface area contributed by atoms with Crippen LogP contribution in [0.5, 0.6) is 5.75 Å². The van der Waals surface area contributed by atoms with E-state index in [1.165, 1.54) is 18.4 Å². The fourth-order valence-electron chi connectivity index (χ4n) is 3.47. The van der Waals surface area contributed by atoms with Crippen LogP contribution in [0, 0.1) is 5.92 Å². The molecule has 1 heterocycles. The van der Waals surface area contributed by atoms with Gasteiger partial charge in [-0.3, -0.25) is 0 Å². The molecule has 1 saturated heterocycles. The van der Waals surface area contributed by atoms with Crippen LogP contribution in [-0.2, 0) is 20.6 Å². The molecule has 0 spiro atoms. The van der Waals surface area contributed by atoms with Crippen molar-refractivity contribution in [3.63, 3.8) is 0 Å². The van der Waals surface area contributed by atoms with Crippen molar-refractivity contribution < 1.29 is 18.9 Å². The van der Waals surface area contributed by atoms with Crippen molar-refractivity contribution in [2.24, 2.45) is 5.92 Å². The summed E-state index contributed by atoms with van der Waals surface area (Å²) in [6.45, 7) is 11.0. The second-order valence-electron chi connectivity index (χ2n) is 7.45. The van der Waals surface area contributed by atoms with Gasteiger partial charge in [-0.05, 0) is 50.3 Å². The minimum absolute atomic E-state index is 0.122. The van der Waals surface area contributed by atoms with Crippen LogP contribution in [0.15, 0.2) is 36.9 Å². The number of rotatable bonds is 14. The number of allylic oxidation sites excluding steroid dienone is 1. The molecule has 1 atom stereocenters. The number of aryl methyl sites for hydroxylation is 1. The number of ether oxygens (including phenoxy) is 4. The lowest BCUT2D eigenvalue weighted by Gasteiger charge is -2.34. The third kappa shape index (κ3) is 8.34. The summed E-state index contributed by atoms with van der Waals surface area (Å²) in [6.07, 6.45) is 9.32. The molecule has 2 rings (SSSR count). The third-order valence-corrected chi connectivity index (χ3v) is 5.16. The molecule has 0 saturated carbocycles. The van der Waals surface area contributed by atoms with E-state index in [1.807, 2.05) is 13.0 Å². The molecule has 0 N–H and O–H groups in total. The van der Waals surface area contributed by atoms with Gasteiger partial charge in [0.15, 0.2) is 6.29 Å². The molecule has 0 aliphatic carbocycles. The smallest absolute Gasteiger partial charge is 0.157 e. The Balaban J connectivity index is 1.68. The standard InChI is InChI=1S/C24H38O4/c1-4-7-9-17-26-22-14-11-20(12-15-22)13-16-24-27-18-21(19-28-24)23(25-6-3)10-8-5-2/h5,11-12,14-15,21,23-24H,2,4,6-10,13,16-19H2,1,3H3. The van der Waals surface area contributed by atoms with Gasteiger partial charge in [0.05, 0.1) is 25.9 Å². The van der Waals surface area contributed by atoms with Crippen LogP contribution >= 0.6 is 0 Å². The van der Waals surface area contributed by atoms with Gasteiger partial charge >= 0.3 is 0 Å². The number of unbranched alkanes of at least 4 members (excludes halogenated alkanes) is 2. The summed E-state index contributed by atoms with van der Waals surface area (Å²) in [5.41, 5.74) is 1.29. The van der Waals surface area contributed by atoms with Gasteiger partial charge in [0.2, 0.25) is 0 Å². The molecule has 1 fully saturated rings. The fourth-order valence-corrected chi connectivity index (χ4v) is 3.47. The van der Waals surface area contributed by atoms with E-state index < -0.39 is 0 Å². The Bertz CT molecular complexity index is 520. The van der Waals surface area contributed by atoms with Crippen molar-refractivity contribution in [2.45, 2.75) is 71.2 Å². The van der Waals surface area contributed by atoms with Gasteiger partial charge in [-0.25, -0.2) is 0 Å². The highest BCUT2D eigenvalue weighted by Crippen LogP contribution is 2.23. The molecule has 1 aliphatic heterocycles. The largest absolute Gasteiger partial charge is 0.494 e. The molecular weight excluding hydrogens is 352 g/mol. The molecule has 4 heteroatoms. The lowest BCUT2D eigenvalue weighted by Crippen LogP contribution is -2.39. The lowest BCUT2D eigenvalue weighted by molar-refractivity contribution is -0.220. The van der Waals surface area contributed by atoms with Gasteiger partial charge in [-0.2, -0.15) is 0 Å². The normalized spacial score (nSPS) is 20.6. The summed E-state index contributed by atoms with van der Waals surface area (Å²) in [5.74, 6) is 1.26. The zero-order valence-corrected chi connectivity index (χ0v) is 17.7. The predicted molar refractivity (Wildman–Crippen MR) is 114 cm³/mol. The first-order valence-corrected chi connectivity index (χ1v) is 10.9. The highest BCUT2D eigenvalue weighted by atomic mass is 16.7. The van der Waals surface area contributed by atoms with Crippen LogP contribution in [0.3, 0.4) is 0 Å². The lowest BCUT2D eigenvalue weighted by atomic mass is 9.99. The van der Waals surface area contributed by atoms with Crippen LogP contribution < -0.4 is 4.74 Å². The van der Waals surface area contributed by atoms with Crippen LogP contribution in [-0.4, -0.2) is 38.8 Å². The predicted octanol–water partition coefficient (Wildman–Crippen LogP) is 5.55. The Morgan fingerprint density at radius 1 is 1.14 bits per heavy atom. The van der Waals surface area contributed by atoms with Crippen molar-refractivity contribution >= 4 is 0 Å². The monoisotopic (exact) mass is 390 g/mol. The SMILES string of the molecule is C=CCCC(OCC)C1COC(CCc2ccc(OCCCCC)cc2)OC1. The van der Waals surface area contributed by atoms with Gasteiger partial charge in [-0.1, -0.05) is 38.0 Å². The molecule has 1 aromatic carbocycles. The van der Waals surface area contributed by atoms with E-state index >= 15 is 0 Å². The van der Waals surface area contributed by atoms with Gasteiger partial charge in [0, 0.05) is 18.9 Å². The molecule has 1 unspecified atom stereocenters. The van der Waals surface area contributed by atoms with Gasteiger partial charge in [0.25, 0.3) is 0 Å². The molecular formula is C24H38O4. The van der Waals surface area contributed by atoms with Gasteiger partial charge in [0.1, 0.15) is 5.75 Å². The summed E-state index contributed by atoms with van der Waals surface area (Å²) >= 11 is 0. The van der Waals surface area contributed by atoms with Crippen LogP contribution in [0.2, 0.25) is 0 Å². The molecule has 0 radical (unpaired) electrons. The summed E-state index contributed by atoms with van der Waals surface area (Å²) in [5, 5.41) is 0. The van der Waals surface area contributed by atoms with E-state index in [1.54, 1.807) is 0 Å². The van der Waals surface area contributed by atoms with E-state index in [0.717, 1.165) is 51.1 Å². The van der Waals surface area contributed by atoms with Crippen molar-refractivity contribution in [2.75, 3.05) is 26.4 Å². The van der Waals surface area contributed by atoms with Crippen molar-refractivity contribution in [1.29, 1.82) is 0 Å². The minimum atomic E-state index is -0.122. The summed E-state index contributed by atoms with van der Waals surface area (Å²) in [6, 6.07) is 8.40. The quantitative estimate of drug-likeness (QED) is 0.308. The summed E-state index contributed by atoms with van der Waals surface area (Å²) < 4.78 is 23.6. The Morgan fingerprint density at radius 2 is 1.89 bits per heavy atom. The topological polar surface area (TPSA) is 36.9 Å². The molecule has 1 aromatic rings. The molecule has 0 bridgehead atoms. The first-order chi connectivity index (χ1) is 13.8. The average Bonchev–Trinajstić information content (AvgIpc) is 2.74. The Labute approximate surface area is 171 Å². The number of hydrogen-bond donors (Lipinski definition) is 0. The number of benzene rings is 1. The van der Waals surface area contributed by atoms with E-state index in [9.17, 15) is 0 Å². The van der Waals surface area contributed by atoms with E-state index in [4.69, 9.17) is 18.9 Å². The first-order valence-electron chi connectivity index (χ1n) is 10.9. The zero-order valence-electron chi connectivity index (χ0n) is 17.7. The first kappa shape index (κ1) is 22.9. The average molecular weight is 391 g/mol. The Morgan fingerprint density at radius 3 is 2.54 bits per heavy atom. The van der Waals surface area contributed by atoms with E-state index in [-0.39, 0.29) is 12.4 Å². The van der Waals surface area contributed by atoms with Crippen LogP contribution in [0.4, 0.5) is 0 Å². The maximum absolute atomic E-state index is 5.97. The second kappa shape index (κ2) is 13.8. The summed E-state index contributed by atoms with van der Waals surface area (Å²) in [4.78, 5) is 0. The maximum Gasteiger partial charge on any atom is 0.157 e. The highest BCUT2D eigenvalue weighted by molar-refractivity contribution is 5.27. The Hall–Kier alpha value is -1.36. The fraction of sp³-hybridized carbons (Fsp3) is 0.667. The molecule has 158 valence electrons. The molecule has 0 amide bonds.